The van der Waals surface area contributed by atoms with Gasteiger partial charge < -0.3 is 15.4 Å². The van der Waals surface area contributed by atoms with E-state index < -0.39 is 17.7 Å². The third kappa shape index (κ3) is 3.98. The van der Waals surface area contributed by atoms with Crippen LogP contribution in [0.5, 0.6) is 0 Å². The van der Waals surface area contributed by atoms with Crippen LogP contribution in [0.3, 0.4) is 0 Å². The number of ether oxygens (including phenoxy) is 1. The Morgan fingerprint density at radius 2 is 2.18 bits per heavy atom. The predicted molar refractivity (Wildman–Crippen MR) is 81.3 cm³/mol. The molecule has 0 aliphatic carbocycles. The fourth-order valence-electron chi connectivity index (χ4n) is 2.23. The lowest BCUT2D eigenvalue weighted by molar-refractivity contribution is -0.118. The molecular weight excluding hydrogens is 282 g/mol. The van der Waals surface area contributed by atoms with Crippen LogP contribution in [0.1, 0.15) is 38.3 Å². The van der Waals surface area contributed by atoms with Gasteiger partial charge in [0.2, 0.25) is 5.91 Å². The van der Waals surface area contributed by atoms with E-state index in [1.54, 1.807) is 39.0 Å². The molecule has 2 amide bonds. The van der Waals surface area contributed by atoms with E-state index in [0.29, 0.717) is 24.1 Å². The van der Waals surface area contributed by atoms with Crippen LogP contribution in [0.25, 0.3) is 0 Å². The van der Waals surface area contributed by atoms with Crippen LogP contribution < -0.4 is 10.6 Å². The zero-order valence-corrected chi connectivity index (χ0v) is 12.9. The summed E-state index contributed by atoms with van der Waals surface area (Å²) in [7, 11) is 0. The van der Waals surface area contributed by atoms with E-state index in [0.717, 1.165) is 5.56 Å². The zero-order valence-electron chi connectivity index (χ0n) is 12.9. The molecule has 1 atom stereocenters. The number of carbonyl (C=O) groups is 2. The van der Waals surface area contributed by atoms with Crippen molar-refractivity contribution in [2.45, 2.75) is 45.3 Å². The second-order valence-corrected chi connectivity index (χ2v) is 6.21. The Morgan fingerprint density at radius 3 is 2.82 bits per heavy atom. The zero-order chi connectivity index (χ0) is 16.3. The van der Waals surface area contributed by atoms with E-state index in [1.807, 2.05) is 0 Å². The fraction of sp³-hybridized carbons (Fsp3) is 0.438. The molecule has 1 aromatic carbocycles. The summed E-state index contributed by atoms with van der Waals surface area (Å²) in [4.78, 5) is 24.0. The maximum atomic E-state index is 12.2. The molecule has 6 nitrogen and oxygen atoms in total. The maximum absolute atomic E-state index is 12.2. The van der Waals surface area contributed by atoms with E-state index >= 15 is 0 Å². The number of alkyl carbamates (subject to hydrolysis) is 1. The molecule has 0 radical (unpaired) electrons. The van der Waals surface area contributed by atoms with Gasteiger partial charge in [0.25, 0.3) is 0 Å². The molecule has 6 heteroatoms. The second kappa shape index (κ2) is 6.06. The summed E-state index contributed by atoms with van der Waals surface area (Å²) in [6.07, 6.45) is 0.424. The lowest BCUT2D eigenvalue weighted by Crippen LogP contribution is -2.45. The summed E-state index contributed by atoms with van der Waals surface area (Å²) < 4.78 is 5.17. The summed E-state index contributed by atoms with van der Waals surface area (Å²) in [5, 5.41) is 14.3. The van der Waals surface area contributed by atoms with E-state index in [9.17, 15) is 9.59 Å². The number of anilines is 1. The van der Waals surface area contributed by atoms with Crippen LogP contribution in [0.2, 0.25) is 0 Å². The molecule has 116 valence electrons. The number of hydrogen-bond donors (Lipinski definition) is 2. The van der Waals surface area contributed by atoms with Gasteiger partial charge in [-0.2, -0.15) is 5.26 Å². The van der Waals surface area contributed by atoms with Gasteiger partial charge in [0.15, 0.2) is 0 Å². The molecule has 0 aromatic heterocycles. The topological polar surface area (TPSA) is 91.2 Å². The van der Waals surface area contributed by atoms with E-state index in [1.165, 1.54) is 0 Å². The average molecular weight is 301 g/mol. The first-order valence-corrected chi connectivity index (χ1v) is 7.12. The molecule has 1 heterocycles. The van der Waals surface area contributed by atoms with Crippen LogP contribution in [-0.4, -0.2) is 23.6 Å². The molecule has 0 bridgehead atoms. The molecular formula is C16H19N3O3. The van der Waals surface area contributed by atoms with Gasteiger partial charge in [0.1, 0.15) is 11.6 Å². The van der Waals surface area contributed by atoms with E-state index in [4.69, 9.17) is 10.00 Å². The van der Waals surface area contributed by atoms with Gasteiger partial charge in [-0.3, -0.25) is 4.79 Å². The SMILES string of the molecule is CC(C)(C)OC(=O)N[C@H]1CCc2cc(C#N)ccc2NC1=O. The van der Waals surface area contributed by atoms with Crippen LogP contribution in [0.15, 0.2) is 18.2 Å². The number of hydrogen-bond acceptors (Lipinski definition) is 4. The van der Waals surface area contributed by atoms with Crippen molar-refractivity contribution in [3.8, 4) is 6.07 Å². The number of fused-ring (bicyclic) bond motifs is 1. The third-order valence-electron chi connectivity index (χ3n) is 3.20. The first-order chi connectivity index (χ1) is 10.3. The van der Waals surface area contributed by atoms with Crippen molar-refractivity contribution in [1.82, 2.24) is 5.32 Å². The summed E-state index contributed by atoms with van der Waals surface area (Å²) >= 11 is 0. The van der Waals surface area contributed by atoms with Crippen molar-refractivity contribution in [1.29, 1.82) is 5.26 Å². The monoisotopic (exact) mass is 301 g/mol. The highest BCUT2D eigenvalue weighted by atomic mass is 16.6. The number of benzene rings is 1. The van der Waals surface area contributed by atoms with Crippen molar-refractivity contribution in [2.24, 2.45) is 0 Å². The molecule has 1 aliphatic heterocycles. The fourth-order valence-corrected chi connectivity index (χ4v) is 2.23. The Hall–Kier alpha value is -2.55. The van der Waals surface area contributed by atoms with Gasteiger partial charge in [-0.25, -0.2) is 4.79 Å². The second-order valence-electron chi connectivity index (χ2n) is 6.21. The Morgan fingerprint density at radius 1 is 1.45 bits per heavy atom. The smallest absolute Gasteiger partial charge is 0.408 e. The summed E-state index contributed by atoms with van der Waals surface area (Å²) in [6.45, 7) is 5.29. The highest BCUT2D eigenvalue weighted by molar-refractivity contribution is 5.98. The third-order valence-corrected chi connectivity index (χ3v) is 3.20. The van der Waals surface area contributed by atoms with Gasteiger partial charge in [0, 0.05) is 5.69 Å². The van der Waals surface area contributed by atoms with Gasteiger partial charge in [-0.15, -0.1) is 0 Å². The van der Waals surface area contributed by atoms with Gasteiger partial charge in [0.05, 0.1) is 11.6 Å². The van der Waals surface area contributed by atoms with Crippen molar-refractivity contribution >= 4 is 17.7 Å². The number of nitrogens with one attached hydrogen (secondary N) is 2. The highest BCUT2D eigenvalue weighted by Crippen LogP contribution is 2.23. The average Bonchev–Trinajstić information content (AvgIpc) is 2.56. The molecule has 0 unspecified atom stereocenters. The summed E-state index contributed by atoms with van der Waals surface area (Å²) in [5.41, 5.74) is 1.50. The maximum Gasteiger partial charge on any atom is 0.408 e. The Balaban J connectivity index is 2.08. The van der Waals surface area contributed by atoms with Crippen molar-refractivity contribution in [3.63, 3.8) is 0 Å². The Labute approximate surface area is 129 Å². The van der Waals surface area contributed by atoms with Crippen molar-refractivity contribution in [3.05, 3.63) is 29.3 Å². The van der Waals surface area contributed by atoms with Crippen LogP contribution in [0, 0.1) is 11.3 Å². The molecule has 1 aromatic rings. The van der Waals surface area contributed by atoms with E-state index in [2.05, 4.69) is 16.7 Å². The Bertz CT molecular complexity index is 641. The normalized spacial score (nSPS) is 17.5. The lowest BCUT2D eigenvalue weighted by Gasteiger charge is -2.22. The number of amides is 2. The Kier molecular flexibility index (Phi) is 4.36. The van der Waals surface area contributed by atoms with Crippen LogP contribution >= 0.6 is 0 Å². The van der Waals surface area contributed by atoms with Crippen LogP contribution in [-0.2, 0) is 16.0 Å². The van der Waals surface area contributed by atoms with Crippen molar-refractivity contribution < 1.29 is 14.3 Å². The molecule has 0 saturated heterocycles. The first kappa shape index (κ1) is 15.8. The number of nitrogens with zero attached hydrogens (tertiary/aromatic N) is 1. The quantitative estimate of drug-likeness (QED) is 0.833. The molecule has 0 saturated carbocycles. The number of carbonyl (C=O) groups excluding carboxylic acids is 2. The molecule has 2 rings (SSSR count). The molecule has 0 spiro atoms. The molecule has 22 heavy (non-hydrogen) atoms. The number of aryl methyl sites for hydroxylation is 1. The minimum atomic E-state index is -0.659. The predicted octanol–water partition coefficient (Wildman–Crippen LogP) is 2.34. The highest BCUT2D eigenvalue weighted by Gasteiger charge is 2.27. The number of nitriles is 1. The van der Waals surface area contributed by atoms with Crippen LogP contribution in [0.4, 0.5) is 10.5 Å². The summed E-state index contributed by atoms with van der Waals surface area (Å²) in [5.74, 6) is -0.283. The van der Waals surface area contributed by atoms with Gasteiger partial charge in [-0.1, -0.05) is 0 Å². The molecule has 1 aliphatic rings. The largest absolute Gasteiger partial charge is 0.444 e. The van der Waals surface area contributed by atoms with E-state index in [-0.39, 0.29) is 5.91 Å². The van der Waals surface area contributed by atoms with Gasteiger partial charge in [-0.05, 0) is 57.4 Å². The summed E-state index contributed by atoms with van der Waals surface area (Å²) in [6, 6.07) is 6.53. The standard InChI is InChI=1S/C16H19N3O3/c1-16(2,3)22-15(21)19-13-7-5-11-8-10(9-17)4-6-12(11)18-14(13)20/h4,6,8,13H,5,7H2,1-3H3,(H,18,20)(H,19,21)/t13-/m0/s1. The lowest BCUT2D eigenvalue weighted by atomic mass is 10.0. The van der Waals surface area contributed by atoms with Crippen molar-refractivity contribution in [2.75, 3.05) is 5.32 Å². The minimum Gasteiger partial charge on any atom is -0.444 e. The number of rotatable bonds is 1. The van der Waals surface area contributed by atoms with Gasteiger partial charge >= 0.3 is 6.09 Å². The molecule has 0 fully saturated rings. The minimum absolute atomic E-state index is 0.283. The molecule has 2 N–H and O–H groups in total. The first-order valence-electron chi connectivity index (χ1n) is 7.12.